The first-order chi connectivity index (χ1) is 9.06. The van der Waals surface area contributed by atoms with Crippen molar-refractivity contribution in [3.8, 4) is 5.75 Å². The summed E-state index contributed by atoms with van der Waals surface area (Å²) < 4.78 is 5.60. The fraction of sp³-hybridized carbons (Fsp3) is 0.143. The van der Waals surface area contributed by atoms with Gasteiger partial charge in [-0.1, -0.05) is 17.7 Å². The van der Waals surface area contributed by atoms with E-state index >= 15 is 0 Å². The minimum atomic E-state index is -0.0584. The minimum Gasteiger partial charge on any atom is -0.487 e. The Balaban J connectivity index is 2.08. The van der Waals surface area contributed by atoms with Crippen LogP contribution in [0.15, 0.2) is 36.4 Å². The summed E-state index contributed by atoms with van der Waals surface area (Å²) in [5, 5.41) is 7.75. The van der Waals surface area contributed by atoms with Crippen LogP contribution in [0.1, 0.15) is 17.0 Å². The van der Waals surface area contributed by atoms with Crippen molar-refractivity contribution in [2.75, 3.05) is 0 Å². The highest BCUT2D eigenvalue weighted by Gasteiger charge is 2.05. The van der Waals surface area contributed by atoms with E-state index in [9.17, 15) is 0 Å². The highest BCUT2D eigenvalue weighted by atomic mass is 35.5. The molecule has 19 heavy (non-hydrogen) atoms. The molecule has 1 aromatic carbocycles. The molecule has 0 unspecified atom stereocenters. The third-order valence-electron chi connectivity index (χ3n) is 2.56. The average molecular weight is 276 g/mol. The number of rotatable bonds is 4. The second-order valence-corrected chi connectivity index (χ2v) is 4.52. The van der Waals surface area contributed by atoms with Crippen molar-refractivity contribution in [1.82, 2.24) is 4.98 Å². The molecule has 0 saturated heterocycles. The molecule has 1 aromatic heterocycles. The Morgan fingerprint density at radius 3 is 2.79 bits per heavy atom. The summed E-state index contributed by atoms with van der Waals surface area (Å²) >= 11 is 6.01. The van der Waals surface area contributed by atoms with Gasteiger partial charge in [0.05, 0.1) is 10.7 Å². The molecule has 0 bridgehead atoms. The molecule has 3 N–H and O–H groups in total. The van der Waals surface area contributed by atoms with E-state index in [1.165, 1.54) is 0 Å². The number of nitrogen functional groups attached to an aromatic ring is 1. The lowest BCUT2D eigenvalue weighted by atomic mass is 10.2. The number of aromatic nitrogens is 1. The zero-order valence-electron chi connectivity index (χ0n) is 10.5. The molecule has 0 aliphatic carbocycles. The van der Waals surface area contributed by atoms with E-state index in [1.807, 2.05) is 25.1 Å². The van der Waals surface area contributed by atoms with Crippen LogP contribution in [-0.2, 0) is 6.61 Å². The van der Waals surface area contributed by atoms with Gasteiger partial charge in [-0.3, -0.25) is 10.4 Å². The van der Waals surface area contributed by atoms with Crippen LogP contribution in [0.25, 0.3) is 0 Å². The van der Waals surface area contributed by atoms with Crippen LogP contribution in [0.2, 0.25) is 5.02 Å². The van der Waals surface area contributed by atoms with Gasteiger partial charge in [-0.05, 0) is 37.3 Å². The first-order valence-electron chi connectivity index (χ1n) is 5.75. The molecule has 0 aliphatic heterocycles. The molecule has 0 spiro atoms. The predicted molar refractivity (Wildman–Crippen MR) is 75.8 cm³/mol. The third-order valence-corrected chi connectivity index (χ3v) is 2.88. The van der Waals surface area contributed by atoms with Crippen molar-refractivity contribution >= 4 is 17.4 Å². The molecule has 0 aliphatic rings. The Morgan fingerprint density at radius 2 is 2.16 bits per heavy atom. The number of amidine groups is 1. The largest absolute Gasteiger partial charge is 0.487 e. The molecule has 0 saturated carbocycles. The normalized spacial score (nSPS) is 10.2. The van der Waals surface area contributed by atoms with Crippen LogP contribution in [-0.4, -0.2) is 10.8 Å². The predicted octanol–water partition coefficient (Wildman–Crippen LogP) is 2.91. The van der Waals surface area contributed by atoms with Gasteiger partial charge in [0.2, 0.25) is 0 Å². The van der Waals surface area contributed by atoms with Crippen molar-refractivity contribution in [3.63, 3.8) is 0 Å². The highest BCUT2D eigenvalue weighted by molar-refractivity contribution is 6.34. The van der Waals surface area contributed by atoms with Gasteiger partial charge in [0, 0.05) is 11.3 Å². The highest BCUT2D eigenvalue weighted by Crippen LogP contribution is 2.22. The van der Waals surface area contributed by atoms with Crippen LogP contribution >= 0.6 is 11.6 Å². The lowest BCUT2D eigenvalue weighted by Gasteiger charge is -2.08. The molecule has 1 heterocycles. The number of hydrogen-bond donors (Lipinski definition) is 2. The van der Waals surface area contributed by atoms with Crippen molar-refractivity contribution in [2.24, 2.45) is 5.73 Å². The van der Waals surface area contributed by atoms with Crippen molar-refractivity contribution in [2.45, 2.75) is 13.5 Å². The van der Waals surface area contributed by atoms with E-state index in [2.05, 4.69) is 4.98 Å². The molecule has 98 valence electrons. The topological polar surface area (TPSA) is 72.0 Å². The molecule has 0 amide bonds. The van der Waals surface area contributed by atoms with E-state index in [4.69, 9.17) is 27.5 Å². The Hall–Kier alpha value is -2.07. The quantitative estimate of drug-likeness (QED) is 0.666. The van der Waals surface area contributed by atoms with Gasteiger partial charge in [-0.25, -0.2) is 0 Å². The maximum atomic E-state index is 7.35. The standard InChI is InChI=1S/C14H14ClN3O/c1-9-3-2-4-10(18-9)8-19-11-5-6-12(14(16)17)13(15)7-11/h2-7H,8H2,1H3,(H3,16,17). The lowest BCUT2D eigenvalue weighted by Crippen LogP contribution is -2.11. The number of nitrogens with zero attached hydrogens (tertiary/aromatic N) is 1. The number of benzene rings is 1. The van der Waals surface area contributed by atoms with E-state index in [0.29, 0.717) is 22.9 Å². The summed E-state index contributed by atoms with van der Waals surface area (Å²) in [5.74, 6) is 0.565. The second kappa shape index (κ2) is 5.71. The smallest absolute Gasteiger partial charge is 0.130 e. The fourth-order valence-corrected chi connectivity index (χ4v) is 1.91. The summed E-state index contributed by atoms with van der Waals surface area (Å²) in [4.78, 5) is 4.34. The first kappa shape index (κ1) is 13.4. The van der Waals surface area contributed by atoms with Crippen molar-refractivity contribution in [1.29, 1.82) is 5.41 Å². The maximum Gasteiger partial charge on any atom is 0.130 e. The maximum absolute atomic E-state index is 7.35. The van der Waals surface area contributed by atoms with Gasteiger partial charge in [0.25, 0.3) is 0 Å². The van der Waals surface area contributed by atoms with E-state index in [-0.39, 0.29) is 5.84 Å². The van der Waals surface area contributed by atoms with Gasteiger partial charge in [0.15, 0.2) is 0 Å². The van der Waals surface area contributed by atoms with Crippen LogP contribution in [0.3, 0.4) is 0 Å². The summed E-state index contributed by atoms with van der Waals surface area (Å²) in [6, 6.07) is 10.8. The summed E-state index contributed by atoms with van der Waals surface area (Å²) in [7, 11) is 0. The molecular formula is C14H14ClN3O. The second-order valence-electron chi connectivity index (χ2n) is 4.11. The molecule has 4 nitrogen and oxygen atoms in total. The molecule has 0 atom stereocenters. The van der Waals surface area contributed by atoms with Crippen LogP contribution in [0, 0.1) is 12.3 Å². The number of ether oxygens (including phenoxy) is 1. The number of nitrogens with one attached hydrogen (secondary N) is 1. The van der Waals surface area contributed by atoms with Crippen molar-refractivity contribution in [3.05, 3.63) is 58.4 Å². The number of hydrogen-bond acceptors (Lipinski definition) is 3. The minimum absolute atomic E-state index is 0.0584. The Bertz CT molecular complexity index is 613. The van der Waals surface area contributed by atoms with Crippen LogP contribution < -0.4 is 10.5 Å². The lowest BCUT2D eigenvalue weighted by molar-refractivity contribution is 0.301. The third kappa shape index (κ3) is 3.45. The van der Waals surface area contributed by atoms with Gasteiger partial charge < -0.3 is 10.5 Å². The molecular weight excluding hydrogens is 262 g/mol. The Morgan fingerprint density at radius 1 is 1.37 bits per heavy atom. The van der Waals surface area contributed by atoms with Gasteiger partial charge in [0.1, 0.15) is 18.2 Å². The number of halogens is 1. The number of pyridine rings is 1. The van der Waals surface area contributed by atoms with Gasteiger partial charge >= 0.3 is 0 Å². The fourth-order valence-electron chi connectivity index (χ4n) is 1.64. The average Bonchev–Trinajstić information content (AvgIpc) is 2.36. The summed E-state index contributed by atoms with van der Waals surface area (Å²) in [5.41, 5.74) is 7.70. The molecule has 2 aromatic rings. The van der Waals surface area contributed by atoms with Crippen molar-refractivity contribution < 1.29 is 4.74 Å². The zero-order valence-corrected chi connectivity index (χ0v) is 11.2. The number of aryl methyl sites for hydroxylation is 1. The van der Waals surface area contributed by atoms with Gasteiger partial charge in [-0.15, -0.1) is 0 Å². The first-order valence-corrected chi connectivity index (χ1v) is 6.13. The summed E-state index contributed by atoms with van der Waals surface area (Å²) in [6.07, 6.45) is 0. The molecule has 5 heteroatoms. The Kier molecular flexibility index (Phi) is 4.02. The van der Waals surface area contributed by atoms with E-state index < -0.39 is 0 Å². The van der Waals surface area contributed by atoms with Crippen LogP contribution in [0.5, 0.6) is 5.75 Å². The summed E-state index contributed by atoms with van der Waals surface area (Å²) in [6.45, 7) is 2.31. The van der Waals surface area contributed by atoms with E-state index in [1.54, 1.807) is 18.2 Å². The monoisotopic (exact) mass is 275 g/mol. The SMILES string of the molecule is Cc1cccc(COc2ccc(C(=N)N)c(Cl)c2)n1. The van der Waals surface area contributed by atoms with E-state index in [0.717, 1.165) is 11.4 Å². The van der Waals surface area contributed by atoms with Crippen LogP contribution in [0.4, 0.5) is 0 Å². The Labute approximate surface area is 116 Å². The number of nitrogens with two attached hydrogens (primary N) is 1. The van der Waals surface area contributed by atoms with Gasteiger partial charge in [-0.2, -0.15) is 0 Å². The molecule has 2 rings (SSSR count). The zero-order chi connectivity index (χ0) is 13.8. The molecule has 0 radical (unpaired) electrons. The molecule has 0 fully saturated rings.